The van der Waals surface area contributed by atoms with Crippen molar-refractivity contribution in [2.45, 2.75) is 163 Å². The standard InChI is InChI=1S/C28H55N/c1-27(2,3)24-20-16-12-8-10-14-18-22-26(29-7)23-19-15-11-9-13-17-21-25-28(4,5)6/h26H,8-25H2,1-6H3. The zero-order valence-electron chi connectivity index (χ0n) is 21.3. The molecular formula is C28H55N. The molecule has 1 heteroatoms. The number of unbranched alkanes of at least 4 members (excludes halogenated alkanes) is 12. The summed E-state index contributed by atoms with van der Waals surface area (Å²) in [5.74, 6) is 0. The van der Waals surface area contributed by atoms with Crippen LogP contribution in [-0.4, -0.2) is 6.04 Å². The molecule has 0 aromatic carbocycles. The molecule has 0 saturated carbocycles. The molecule has 0 aromatic heterocycles. The second-order valence-electron chi connectivity index (χ2n) is 11.9. The van der Waals surface area contributed by atoms with E-state index in [-0.39, 0.29) is 0 Å². The molecule has 0 saturated heterocycles. The minimum atomic E-state index is 0.300. The van der Waals surface area contributed by atoms with E-state index in [1.807, 2.05) is 0 Å². The summed E-state index contributed by atoms with van der Waals surface area (Å²) >= 11 is 0. The van der Waals surface area contributed by atoms with Crippen molar-refractivity contribution in [2.75, 3.05) is 0 Å². The van der Waals surface area contributed by atoms with Crippen LogP contribution in [0.1, 0.15) is 157 Å². The smallest absolute Gasteiger partial charge is 0.223 e. The predicted molar refractivity (Wildman–Crippen MR) is 132 cm³/mol. The van der Waals surface area contributed by atoms with Crippen LogP contribution < -0.4 is 0 Å². The van der Waals surface area contributed by atoms with Crippen molar-refractivity contribution in [3.05, 3.63) is 11.4 Å². The first-order valence-corrected chi connectivity index (χ1v) is 13.0. The van der Waals surface area contributed by atoms with Crippen LogP contribution in [0.5, 0.6) is 0 Å². The SMILES string of the molecule is [C-]#[N+]C(CCCCCCCCCC(C)(C)C)CCCCCCCCCC(C)(C)C. The summed E-state index contributed by atoms with van der Waals surface area (Å²) in [5.41, 5.74) is 1.00. The molecule has 0 atom stereocenters. The Morgan fingerprint density at radius 3 is 1.03 bits per heavy atom. The summed E-state index contributed by atoms with van der Waals surface area (Å²) in [4.78, 5) is 3.90. The van der Waals surface area contributed by atoms with Gasteiger partial charge in [0.05, 0.1) is 0 Å². The van der Waals surface area contributed by atoms with Gasteiger partial charge in [0, 0.05) is 12.8 Å². The van der Waals surface area contributed by atoms with E-state index in [0.717, 1.165) is 12.8 Å². The van der Waals surface area contributed by atoms with Gasteiger partial charge in [-0.3, -0.25) is 0 Å². The van der Waals surface area contributed by atoms with Crippen molar-refractivity contribution in [3.8, 4) is 0 Å². The Kier molecular flexibility index (Phi) is 16.9. The molecule has 0 heterocycles. The third kappa shape index (κ3) is 23.6. The first-order valence-electron chi connectivity index (χ1n) is 13.0. The summed E-state index contributed by atoms with van der Waals surface area (Å²) < 4.78 is 0. The van der Waals surface area contributed by atoms with E-state index in [4.69, 9.17) is 6.57 Å². The Balaban J connectivity index is 3.41. The lowest BCUT2D eigenvalue weighted by molar-refractivity contribution is 0.356. The van der Waals surface area contributed by atoms with Crippen molar-refractivity contribution in [2.24, 2.45) is 10.8 Å². The first kappa shape index (κ1) is 28.5. The maximum Gasteiger partial charge on any atom is 0.223 e. The molecule has 172 valence electrons. The van der Waals surface area contributed by atoms with E-state index in [9.17, 15) is 0 Å². The molecule has 0 amide bonds. The van der Waals surface area contributed by atoms with Gasteiger partial charge < -0.3 is 4.85 Å². The van der Waals surface area contributed by atoms with Gasteiger partial charge in [-0.05, 0) is 36.5 Å². The average molecular weight is 406 g/mol. The molecular weight excluding hydrogens is 350 g/mol. The summed E-state index contributed by atoms with van der Waals surface area (Å²) in [7, 11) is 0. The number of nitrogens with zero attached hydrogens (tertiary/aromatic N) is 1. The highest BCUT2D eigenvalue weighted by molar-refractivity contribution is 4.78. The second-order valence-corrected chi connectivity index (χ2v) is 11.9. The van der Waals surface area contributed by atoms with Crippen LogP contribution in [0.25, 0.3) is 4.85 Å². The zero-order chi connectivity index (χ0) is 22.0. The molecule has 0 rings (SSSR count). The van der Waals surface area contributed by atoms with Crippen LogP contribution in [0.2, 0.25) is 0 Å². The Morgan fingerprint density at radius 1 is 0.483 bits per heavy atom. The molecule has 0 aliphatic carbocycles. The molecule has 0 bridgehead atoms. The summed E-state index contributed by atoms with van der Waals surface area (Å²) in [6.07, 6.45) is 24.1. The molecule has 0 aromatic rings. The van der Waals surface area contributed by atoms with Gasteiger partial charge in [0.1, 0.15) is 0 Å². The number of hydrogen-bond donors (Lipinski definition) is 0. The minimum Gasteiger partial charge on any atom is -0.314 e. The summed E-state index contributed by atoms with van der Waals surface area (Å²) in [5, 5.41) is 0. The molecule has 0 aliphatic heterocycles. The van der Waals surface area contributed by atoms with Crippen LogP contribution in [0.3, 0.4) is 0 Å². The van der Waals surface area contributed by atoms with Crippen molar-refractivity contribution in [3.63, 3.8) is 0 Å². The molecule has 0 unspecified atom stereocenters. The normalized spacial score (nSPS) is 12.5. The van der Waals surface area contributed by atoms with Crippen molar-refractivity contribution >= 4 is 0 Å². The monoisotopic (exact) mass is 405 g/mol. The predicted octanol–water partition coefficient (Wildman–Crippen LogP) is 10.4. The van der Waals surface area contributed by atoms with E-state index in [2.05, 4.69) is 46.4 Å². The van der Waals surface area contributed by atoms with Gasteiger partial charge in [-0.2, -0.15) is 0 Å². The Labute approximate surface area is 185 Å². The molecule has 0 N–H and O–H groups in total. The molecule has 0 aliphatic rings. The van der Waals surface area contributed by atoms with Gasteiger partial charge in [0.15, 0.2) is 0 Å². The van der Waals surface area contributed by atoms with E-state index >= 15 is 0 Å². The van der Waals surface area contributed by atoms with Crippen LogP contribution in [0.4, 0.5) is 0 Å². The molecule has 0 radical (unpaired) electrons. The zero-order valence-corrected chi connectivity index (χ0v) is 21.3. The van der Waals surface area contributed by atoms with Crippen LogP contribution >= 0.6 is 0 Å². The van der Waals surface area contributed by atoms with Gasteiger partial charge in [0.2, 0.25) is 6.04 Å². The molecule has 1 nitrogen and oxygen atoms in total. The van der Waals surface area contributed by atoms with Crippen LogP contribution in [-0.2, 0) is 0 Å². The van der Waals surface area contributed by atoms with Gasteiger partial charge in [-0.1, -0.05) is 119 Å². The molecule has 0 spiro atoms. The summed E-state index contributed by atoms with van der Waals surface area (Å²) in [6, 6.07) is 0.300. The van der Waals surface area contributed by atoms with Crippen molar-refractivity contribution in [1.29, 1.82) is 0 Å². The van der Waals surface area contributed by atoms with E-state index in [1.54, 1.807) is 0 Å². The molecule has 0 fully saturated rings. The molecule has 29 heavy (non-hydrogen) atoms. The fraction of sp³-hybridized carbons (Fsp3) is 0.964. The van der Waals surface area contributed by atoms with Gasteiger partial charge in [0.25, 0.3) is 0 Å². The third-order valence-electron chi connectivity index (χ3n) is 6.11. The lowest BCUT2D eigenvalue weighted by Gasteiger charge is -2.17. The van der Waals surface area contributed by atoms with Crippen LogP contribution in [0.15, 0.2) is 0 Å². The van der Waals surface area contributed by atoms with E-state index < -0.39 is 0 Å². The maximum absolute atomic E-state index is 7.47. The lowest BCUT2D eigenvalue weighted by Crippen LogP contribution is -2.04. The van der Waals surface area contributed by atoms with Gasteiger partial charge in [-0.25, -0.2) is 6.57 Å². The quantitative estimate of drug-likeness (QED) is 0.158. The van der Waals surface area contributed by atoms with Crippen molar-refractivity contribution < 1.29 is 0 Å². The van der Waals surface area contributed by atoms with Gasteiger partial charge in [-0.15, -0.1) is 0 Å². The largest absolute Gasteiger partial charge is 0.314 e. The van der Waals surface area contributed by atoms with Crippen molar-refractivity contribution in [1.82, 2.24) is 0 Å². The minimum absolute atomic E-state index is 0.300. The van der Waals surface area contributed by atoms with E-state index in [0.29, 0.717) is 16.9 Å². The highest BCUT2D eigenvalue weighted by Crippen LogP contribution is 2.24. The Hall–Kier alpha value is -0.510. The topological polar surface area (TPSA) is 4.36 Å². The Morgan fingerprint density at radius 2 is 0.759 bits per heavy atom. The van der Waals surface area contributed by atoms with Crippen LogP contribution in [0, 0.1) is 17.4 Å². The Bertz CT molecular complexity index is 358. The number of rotatable bonds is 18. The summed E-state index contributed by atoms with van der Waals surface area (Å²) in [6.45, 7) is 21.5. The maximum atomic E-state index is 7.47. The first-order chi connectivity index (χ1) is 13.6. The fourth-order valence-electron chi connectivity index (χ4n) is 4.11. The second kappa shape index (κ2) is 17.2. The van der Waals surface area contributed by atoms with E-state index in [1.165, 1.54) is 103 Å². The average Bonchev–Trinajstić information content (AvgIpc) is 2.61. The highest BCUT2D eigenvalue weighted by Gasteiger charge is 2.12. The number of hydrogen-bond acceptors (Lipinski definition) is 0. The van der Waals surface area contributed by atoms with Gasteiger partial charge >= 0.3 is 0 Å². The highest BCUT2D eigenvalue weighted by atomic mass is 14.7. The lowest BCUT2D eigenvalue weighted by atomic mass is 9.89. The third-order valence-corrected chi connectivity index (χ3v) is 6.11. The fourth-order valence-corrected chi connectivity index (χ4v) is 4.11.